The maximum atomic E-state index is 13.3. The third kappa shape index (κ3) is 4.82. The number of amides is 1. The lowest BCUT2D eigenvalue weighted by Gasteiger charge is -2.10. The lowest BCUT2D eigenvalue weighted by molar-refractivity contribution is -0.112. The molecule has 0 saturated heterocycles. The molecule has 10 nitrogen and oxygen atoms in total. The number of aryl methyl sites for hydroxylation is 1. The summed E-state index contributed by atoms with van der Waals surface area (Å²) in [5.41, 5.74) is 1.40. The summed E-state index contributed by atoms with van der Waals surface area (Å²) in [6, 6.07) is 23.0. The van der Waals surface area contributed by atoms with Crippen molar-refractivity contribution in [1.29, 1.82) is 5.26 Å². The van der Waals surface area contributed by atoms with Gasteiger partial charge in [-0.25, -0.2) is 4.63 Å². The zero-order chi connectivity index (χ0) is 25.8. The van der Waals surface area contributed by atoms with E-state index in [1.807, 2.05) is 31.2 Å². The molecule has 0 saturated carbocycles. The number of nitrogens with one attached hydrogen (secondary N) is 1. The minimum absolute atomic E-state index is 0.0316. The quantitative estimate of drug-likeness (QED) is 0.273. The third-order valence-electron chi connectivity index (χ3n) is 5.39. The highest BCUT2D eigenvalue weighted by molar-refractivity contribution is 6.10. The van der Waals surface area contributed by atoms with Crippen molar-refractivity contribution in [2.24, 2.45) is 0 Å². The summed E-state index contributed by atoms with van der Waals surface area (Å²) in [5.74, 6) is -0.394. The largest absolute Gasteiger partial charge is 0.438 e. The van der Waals surface area contributed by atoms with Gasteiger partial charge < -0.3 is 10.1 Å². The van der Waals surface area contributed by atoms with Gasteiger partial charge in [-0.3, -0.25) is 14.0 Å². The molecule has 0 aliphatic rings. The van der Waals surface area contributed by atoms with Crippen LogP contribution in [0.3, 0.4) is 0 Å². The molecule has 0 unspecified atom stereocenters. The Labute approximate surface area is 210 Å². The van der Waals surface area contributed by atoms with Crippen molar-refractivity contribution in [3.63, 3.8) is 0 Å². The average molecular weight is 490 g/mol. The highest BCUT2D eigenvalue weighted by Crippen LogP contribution is 2.26. The molecule has 37 heavy (non-hydrogen) atoms. The van der Waals surface area contributed by atoms with Crippen LogP contribution in [0.5, 0.6) is 11.6 Å². The van der Waals surface area contributed by atoms with Crippen LogP contribution in [0.1, 0.15) is 11.1 Å². The fourth-order valence-corrected chi connectivity index (χ4v) is 3.52. The summed E-state index contributed by atoms with van der Waals surface area (Å²) < 4.78 is 12.0. The lowest BCUT2D eigenvalue weighted by atomic mass is 10.1. The molecule has 3 aromatic heterocycles. The van der Waals surface area contributed by atoms with Crippen molar-refractivity contribution in [2.75, 3.05) is 5.32 Å². The summed E-state index contributed by atoms with van der Waals surface area (Å²) in [6.45, 7) is 1.94. The number of pyridine rings is 1. The molecular weight excluding hydrogens is 472 g/mol. The first-order valence-electron chi connectivity index (χ1n) is 11.1. The summed E-state index contributed by atoms with van der Waals surface area (Å²) >= 11 is 0. The van der Waals surface area contributed by atoms with Gasteiger partial charge in [-0.1, -0.05) is 54.1 Å². The molecule has 0 atom stereocenters. The fourth-order valence-electron chi connectivity index (χ4n) is 3.52. The molecule has 0 fully saturated rings. The summed E-state index contributed by atoms with van der Waals surface area (Å²) in [4.78, 5) is 30.8. The van der Waals surface area contributed by atoms with Crippen LogP contribution in [0, 0.1) is 18.3 Å². The number of fused-ring (bicyclic) bond motifs is 1. The van der Waals surface area contributed by atoms with Crippen molar-refractivity contribution >= 4 is 23.4 Å². The van der Waals surface area contributed by atoms with E-state index in [0.29, 0.717) is 22.7 Å². The highest BCUT2D eigenvalue weighted by Gasteiger charge is 2.20. The standard InChI is InChI=1S/C27H18N6O4/c1-17-10-12-18(13-11-17)23-24(32-37-31-23)30-25(34)19(16-28)15-21-26(36-20-7-3-2-4-8-20)29-22-9-5-6-14-33(22)27(21)35/h2-15H,1H3,(H,30,32,34). The van der Waals surface area contributed by atoms with Crippen molar-refractivity contribution in [2.45, 2.75) is 6.92 Å². The minimum atomic E-state index is -0.810. The molecule has 1 N–H and O–H groups in total. The Balaban J connectivity index is 1.54. The SMILES string of the molecule is Cc1ccc(-c2nonc2NC(=O)C(C#N)=Cc2c(Oc3ccccc3)nc3ccccn3c2=O)cc1. The van der Waals surface area contributed by atoms with Gasteiger partial charge in [0.25, 0.3) is 11.5 Å². The Morgan fingerprint density at radius 2 is 1.81 bits per heavy atom. The predicted molar refractivity (Wildman–Crippen MR) is 135 cm³/mol. The van der Waals surface area contributed by atoms with Crippen LogP contribution < -0.4 is 15.6 Å². The van der Waals surface area contributed by atoms with Crippen LogP contribution in [-0.4, -0.2) is 25.6 Å². The summed E-state index contributed by atoms with van der Waals surface area (Å²) in [5, 5.41) is 19.9. The van der Waals surface area contributed by atoms with Crippen LogP contribution in [-0.2, 0) is 4.79 Å². The van der Waals surface area contributed by atoms with Crippen LogP contribution in [0.2, 0.25) is 0 Å². The second kappa shape index (κ2) is 9.97. The van der Waals surface area contributed by atoms with E-state index >= 15 is 0 Å². The molecular formula is C27H18N6O4. The van der Waals surface area contributed by atoms with Gasteiger partial charge in [-0.15, -0.1) is 0 Å². The second-order valence-corrected chi connectivity index (χ2v) is 7.93. The van der Waals surface area contributed by atoms with Crippen molar-refractivity contribution in [3.05, 3.63) is 106 Å². The van der Waals surface area contributed by atoms with Crippen molar-refractivity contribution in [3.8, 4) is 29.0 Å². The highest BCUT2D eigenvalue weighted by atomic mass is 16.6. The normalized spacial score (nSPS) is 11.2. The van der Waals surface area contributed by atoms with Gasteiger partial charge in [-0.05, 0) is 47.6 Å². The van der Waals surface area contributed by atoms with Gasteiger partial charge in [-0.2, -0.15) is 10.2 Å². The Morgan fingerprint density at radius 3 is 2.57 bits per heavy atom. The number of hydrogen-bond acceptors (Lipinski definition) is 8. The van der Waals surface area contributed by atoms with Crippen molar-refractivity contribution < 1.29 is 14.2 Å². The van der Waals surface area contributed by atoms with E-state index in [0.717, 1.165) is 11.6 Å². The number of nitriles is 1. The molecule has 1 amide bonds. The van der Waals surface area contributed by atoms with Gasteiger partial charge >= 0.3 is 0 Å². The third-order valence-corrected chi connectivity index (χ3v) is 5.39. The van der Waals surface area contributed by atoms with E-state index in [-0.39, 0.29) is 22.8 Å². The maximum Gasteiger partial charge on any atom is 0.269 e. The number of ether oxygens (including phenoxy) is 1. The predicted octanol–water partition coefficient (Wildman–Crippen LogP) is 4.39. The zero-order valence-electron chi connectivity index (χ0n) is 19.5. The van der Waals surface area contributed by atoms with Crippen LogP contribution >= 0.6 is 0 Å². The molecule has 2 aromatic carbocycles. The van der Waals surface area contributed by atoms with Crippen LogP contribution in [0.15, 0.2) is 94.0 Å². The number of aromatic nitrogens is 4. The smallest absolute Gasteiger partial charge is 0.269 e. The van der Waals surface area contributed by atoms with Crippen LogP contribution in [0.25, 0.3) is 23.0 Å². The zero-order valence-corrected chi connectivity index (χ0v) is 19.5. The Kier molecular flexibility index (Phi) is 6.25. The van der Waals surface area contributed by atoms with E-state index in [1.54, 1.807) is 54.6 Å². The summed E-state index contributed by atoms with van der Waals surface area (Å²) in [6.07, 6.45) is 2.68. The molecule has 0 bridgehead atoms. The number of carbonyl (C=O) groups is 1. The first-order chi connectivity index (χ1) is 18.0. The molecule has 180 valence electrons. The molecule has 0 aliphatic heterocycles. The second-order valence-electron chi connectivity index (χ2n) is 7.93. The van der Waals surface area contributed by atoms with Gasteiger partial charge in [0.05, 0.1) is 0 Å². The van der Waals surface area contributed by atoms with E-state index in [4.69, 9.17) is 9.37 Å². The van der Waals surface area contributed by atoms with E-state index in [1.165, 1.54) is 10.6 Å². The number of nitrogens with zero attached hydrogens (tertiary/aromatic N) is 5. The monoisotopic (exact) mass is 490 g/mol. The van der Waals surface area contributed by atoms with Gasteiger partial charge in [0.1, 0.15) is 28.6 Å². The number of para-hydroxylation sites is 1. The number of carbonyl (C=O) groups excluding carboxylic acids is 1. The molecule has 5 aromatic rings. The van der Waals surface area contributed by atoms with Crippen LogP contribution in [0.4, 0.5) is 5.82 Å². The van der Waals surface area contributed by atoms with Gasteiger partial charge in [0, 0.05) is 11.8 Å². The van der Waals surface area contributed by atoms with Gasteiger partial charge in [0.15, 0.2) is 5.69 Å². The first kappa shape index (κ1) is 23.2. The minimum Gasteiger partial charge on any atom is -0.438 e. The maximum absolute atomic E-state index is 13.3. The number of rotatable bonds is 6. The Morgan fingerprint density at radius 1 is 1.05 bits per heavy atom. The number of anilines is 1. The summed E-state index contributed by atoms with van der Waals surface area (Å²) in [7, 11) is 0. The number of hydrogen-bond donors (Lipinski definition) is 1. The fraction of sp³-hybridized carbons (Fsp3) is 0.0370. The van der Waals surface area contributed by atoms with E-state index in [2.05, 4.69) is 20.6 Å². The van der Waals surface area contributed by atoms with E-state index in [9.17, 15) is 14.9 Å². The van der Waals surface area contributed by atoms with E-state index < -0.39 is 11.5 Å². The van der Waals surface area contributed by atoms with Crippen molar-refractivity contribution in [1.82, 2.24) is 19.7 Å². The lowest BCUT2D eigenvalue weighted by Crippen LogP contribution is -2.20. The first-order valence-corrected chi connectivity index (χ1v) is 11.1. The molecule has 3 heterocycles. The topological polar surface area (TPSA) is 135 Å². The molecule has 5 rings (SSSR count). The average Bonchev–Trinajstić information content (AvgIpc) is 3.37. The number of benzene rings is 2. The molecule has 0 radical (unpaired) electrons. The molecule has 0 spiro atoms. The molecule has 10 heteroatoms. The molecule has 0 aliphatic carbocycles. The Bertz CT molecular complexity index is 1730. The van der Waals surface area contributed by atoms with Gasteiger partial charge in [0.2, 0.25) is 11.7 Å². The Hall–Kier alpha value is -5.56.